The van der Waals surface area contributed by atoms with Crippen molar-refractivity contribution in [2.24, 2.45) is 10.2 Å². The normalized spacial score (nSPS) is 11.3. The fourth-order valence-electron chi connectivity index (χ4n) is 1.00. The van der Waals surface area contributed by atoms with Crippen molar-refractivity contribution >= 4 is 17.5 Å². The molecule has 15 heavy (non-hydrogen) atoms. The summed E-state index contributed by atoms with van der Waals surface area (Å²) in [5.41, 5.74) is 7.20. The van der Waals surface area contributed by atoms with Gasteiger partial charge in [0.05, 0.1) is 5.69 Å². The van der Waals surface area contributed by atoms with Crippen molar-refractivity contribution in [3.8, 4) is 0 Å². The van der Waals surface area contributed by atoms with Gasteiger partial charge in [-0.2, -0.15) is 0 Å². The largest absolute Gasteiger partial charge is 0.366 e. The van der Waals surface area contributed by atoms with Crippen LogP contribution >= 0.6 is 0 Å². The predicted octanol–water partition coefficient (Wildman–Crippen LogP) is 2.28. The fraction of sp³-hybridized carbons (Fsp3) is 0.250. The third-order valence-corrected chi connectivity index (χ3v) is 1.72. The van der Waals surface area contributed by atoms with E-state index in [1.54, 1.807) is 19.9 Å². The molecule has 2 aromatic rings. The highest BCUT2D eigenvalue weighted by molar-refractivity contribution is 5.57. The van der Waals surface area contributed by atoms with Crippen LogP contribution in [0.2, 0.25) is 0 Å². The Morgan fingerprint density at radius 1 is 1.20 bits per heavy atom. The van der Waals surface area contributed by atoms with E-state index in [1.807, 2.05) is 0 Å². The molecule has 7 nitrogen and oxygen atoms in total. The van der Waals surface area contributed by atoms with Crippen LogP contribution < -0.4 is 5.73 Å². The second-order valence-corrected chi connectivity index (χ2v) is 2.99. The average molecular weight is 207 g/mol. The third-order valence-electron chi connectivity index (χ3n) is 1.72. The number of hydrogen-bond acceptors (Lipinski definition) is 7. The molecule has 0 amide bonds. The SMILES string of the molecule is Cc1cc(N=Nc2c(C)noc2N)on1. The van der Waals surface area contributed by atoms with Crippen molar-refractivity contribution in [3.05, 3.63) is 17.5 Å². The van der Waals surface area contributed by atoms with Crippen molar-refractivity contribution in [1.82, 2.24) is 10.3 Å². The monoisotopic (exact) mass is 207 g/mol. The number of nitrogens with two attached hydrogens (primary N) is 1. The minimum Gasteiger partial charge on any atom is -0.366 e. The molecule has 0 saturated heterocycles. The van der Waals surface area contributed by atoms with Gasteiger partial charge in [0, 0.05) is 6.07 Å². The van der Waals surface area contributed by atoms with Gasteiger partial charge in [-0.15, -0.1) is 10.2 Å². The Bertz CT molecular complexity index is 479. The van der Waals surface area contributed by atoms with Crippen LogP contribution in [-0.2, 0) is 0 Å². The average Bonchev–Trinajstić information content (AvgIpc) is 2.73. The molecule has 0 aliphatic heterocycles. The van der Waals surface area contributed by atoms with E-state index in [0.29, 0.717) is 17.3 Å². The van der Waals surface area contributed by atoms with Gasteiger partial charge in [0.2, 0.25) is 5.88 Å². The molecule has 7 heteroatoms. The lowest BCUT2D eigenvalue weighted by molar-refractivity contribution is 0.422. The van der Waals surface area contributed by atoms with Crippen molar-refractivity contribution in [1.29, 1.82) is 0 Å². The Hall–Kier alpha value is -2.18. The van der Waals surface area contributed by atoms with E-state index >= 15 is 0 Å². The molecule has 2 aromatic heterocycles. The summed E-state index contributed by atoms with van der Waals surface area (Å²) in [7, 11) is 0. The molecule has 0 aliphatic carbocycles. The quantitative estimate of drug-likeness (QED) is 0.760. The van der Waals surface area contributed by atoms with Gasteiger partial charge < -0.3 is 14.8 Å². The first-order valence-electron chi connectivity index (χ1n) is 4.23. The van der Waals surface area contributed by atoms with Gasteiger partial charge in [-0.25, -0.2) is 0 Å². The summed E-state index contributed by atoms with van der Waals surface area (Å²) < 4.78 is 9.56. The first kappa shape index (κ1) is 9.38. The Morgan fingerprint density at radius 3 is 2.53 bits per heavy atom. The summed E-state index contributed by atoms with van der Waals surface area (Å²) >= 11 is 0. The summed E-state index contributed by atoms with van der Waals surface area (Å²) in [5, 5.41) is 15.0. The highest BCUT2D eigenvalue weighted by atomic mass is 16.5. The van der Waals surface area contributed by atoms with Crippen molar-refractivity contribution in [2.45, 2.75) is 13.8 Å². The number of rotatable bonds is 2. The lowest BCUT2D eigenvalue weighted by Crippen LogP contribution is -1.79. The van der Waals surface area contributed by atoms with Gasteiger partial charge in [-0.05, 0) is 13.8 Å². The molecule has 0 unspecified atom stereocenters. The Kier molecular flexibility index (Phi) is 2.20. The summed E-state index contributed by atoms with van der Waals surface area (Å²) in [5.74, 6) is 0.444. The first-order valence-corrected chi connectivity index (χ1v) is 4.23. The number of aryl methyl sites for hydroxylation is 2. The lowest BCUT2D eigenvalue weighted by atomic mass is 10.4. The van der Waals surface area contributed by atoms with E-state index in [1.165, 1.54) is 0 Å². The standard InChI is InChI=1S/C8H9N5O2/c1-4-3-6(14-12-4)10-11-7-5(2)13-15-8(7)9/h3H,9H2,1-2H3. The molecule has 0 bridgehead atoms. The number of anilines is 1. The molecule has 78 valence electrons. The van der Waals surface area contributed by atoms with Crippen LogP contribution in [-0.4, -0.2) is 10.3 Å². The van der Waals surface area contributed by atoms with Crippen LogP contribution in [0.4, 0.5) is 17.5 Å². The zero-order chi connectivity index (χ0) is 10.8. The molecule has 0 fully saturated rings. The second kappa shape index (κ2) is 3.52. The van der Waals surface area contributed by atoms with Crippen LogP contribution in [0.1, 0.15) is 11.4 Å². The zero-order valence-corrected chi connectivity index (χ0v) is 8.26. The molecule has 0 aromatic carbocycles. The van der Waals surface area contributed by atoms with Gasteiger partial charge in [-0.3, -0.25) is 0 Å². The summed E-state index contributed by atoms with van der Waals surface area (Å²) in [6, 6.07) is 1.66. The Labute approximate surface area is 84.9 Å². The van der Waals surface area contributed by atoms with E-state index in [9.17, 15) is 0 Å². The van der Waals surface area contributed by atoms with E-state index in [0.717, 1.165) is 5.69 Å². The topological polar surface area (TPSA) is 103 Å². The Balaban J connectivity index is 2.25. The fourth-order valence-corrected chi connectivity index (χ4v) is 1.00. The molecule has 2 rings (SSSR count). The summed E-state index contributed by atoms with van der Waals surface area (Å²) in [4.78, 5) is 0. The predicted molar refractivity (Wildman–Crippen MR) is 51.1 cm³/mol. The van der Waals surface area contributed by atoms with Crippen molar-refractivity contribution < 1.29 is 9.05 Å². The van der Waals surface area contributed by atoms with Gasteiger partial charge in [0.1, 0.15) is 5.69 Å². The highest BCUT2D eigenvalue weighted by Crippen LogP contribution is 2.27. The Morgan fingerprint density at radius 2 is 2.00 bits per heavy atom. The minimum absolute atomic E-state index is 0.132. The molecule has 0 spiro atoms. The van der Waals surface area contributed by atoms with Crippen LogP contribution in [0.5, 0.6) is 0 Å². The van der Waals surface area contributed by atoms with Gasteiger partial charge in [0.25, 0.3) is 5.88 Å². The van der Waals surface area contributed by atoms with Crippen molar-refractivity contribution in [2.75, 3.05) is 5.73 Å². The van der Waals surface area contributed by atoms with E-state index in [2.05, 4.69) is 20.5 Å². The van der Waals surface area contributed by atoms with Crippen molar-refractivity contribution in [3.63, 3.8) is 0 Å². The lowest BCUT2D eigenvalue weighted by Gasteiger charge is -1.85. The maximum absolute atomic E-state index is 5.48. The van der Waals surface area contributed by atoms with Crippen LogP contribution in [0.3, 0.4) is 0 Å². The molecule has 2 N–H and O–H groups in total. The van der Waals surface area contributed by atoms with E-state index < -0.39 is 0 Å². The highest BCUT2D eigenvalue weighted by Gasteiger charge is 2.08. The number of nitrogens with zero attached hydrogens (tertiary/aromatic N) is 4. The van der Waals surface area contributed by atoms with Gasteiger partial charge >= 0.3 is 0 Å². The third kappa shape index (κ3) is 1.85. The molecule has 2 heterocycles. The van der Waals surface area contributed by atoms with Gasteiger partial charge in [0.15, 0.2) is 5.69 Å². The summed E-state index contributed by atoms with van der Waals surface area (Å²) in [6.45, 7) is 3.52. The van der Waals surface area contributed by atoms with Crippen LogP contribution in [0, 0.1) is 13.8 Å². The number of azo groups is 1. The van der Waals surface area contributed by atoms with E-state index in [-0.39, 0.29) is 5.88 Å². The second-order valence-electron chi connectivity index (χ2n) is 2.99. The van der Waals surface area contributed by atoms with E-state index in [4.69, 9.17) is 14.8 Å². The minimum atomic E-state index is 0.132. The van der Waals surface area contributed by atoms with Crippen LogP contribution in [0.15, 0.2) is 25.3 Å². The molecular weight excluding hydrogens is 198 g/mol. The molecule has 0 aliphatic rings. The first-order chi connectivity index (χ1) is 7.16. The molecule has 0 radical (unpaired) electrons. The number of aromatic nitrogens is 2. The summed E-state index contributed by atoms with van der Waals surface area (Å²) in [6.07, 6.45) is 0. The van der Waals surface area contributed by atoms with Crippen LogP contribution in [0.25, 0.3) is 0 Å². The molecule has 0 saturated carbocycles. The molecule has 0 atom stereocenters. The van der Waals surface area contributed by atoms with Gasteiger partial charge in [-0.1, -0.05) is 10.3 Å². The number of hydrogen-bond donors (Lipinski definition) is 1. The smallest absolute Gasteiger partial charge is 0.269 e. The maximum atomic E-state index is 5.48. The maximum Gasteiger partial charge on any atom is 0.269 e. The number of nitrogen functional groups attached to an aromatic ring is 1. The zero-order valence-electron chi connectivity index (χ0n) is 8.26. The molecular formula is C8H9N5O2.